The number of hydrogen-bond donors (Lipinski definition) is 1. The highest BCUT2D eigenvalue weighted by Gasteiger charge is 2.22. The number of benzene rings is 2. The number of amides is 1. The molecule has 32 heavy (non-hydrogen) atoms. The van der Waals surface area contributed by atoms with Crippen molar-refractivity contribution in [3.63, 3.8) is 0 Å². The van der Waals surface area contributed by atoms with Crippen molar-refractivity contribution < 1.29 is 14.3 Å². The summed E-state index contributed by atoms with van der Waals surface area (Å²) in [6, 6.07) is 15.9. The first kappa shape index (κ1) is 23.2. The van der Waals surface area contributed by atoms with Crippen LogP contribution in [-0.2, 0) is 11.3 Å². The van der Waals surface area contributed by atoms with Gasteiger partial charge >= 0.3 is 0 Å². The second-order valence-electron chi connectivity index (χ2n) is 7.78. The number of likely N-dealkylation sites (N-methyl/N-ethyl adjacent to an activating group) is 1. The standard InChI is InChI=1S/C24H33N5O3/c1-27(2)23(30)18-26-24(25-17-19-9-11-20(31-3)12-10-19)29-15-13-28(14-16-29)21-7-5-6-8-22(21)32-4/h5-12H,13-18H2,1-4H3,(H,25,26). The van der Waals surface area contributed by atoms with Crippen LogP contribution in [0.2, 0.25) is 0 Å². The highest BCUT2D eigenvalue weighted by molar-refractivity contribution is 5.86. The van der Waals surface area contributed by atoms with E-state index in [0.717, 1.165) is 54.9 Å². The van der Waals surface area contributed by atoms with Gasteiger partial charge in [0.15, 0.2) is 5.96 Å². The second kappa shape index (κ2) is 11.3. The average Bonchev–Trinajstić information content (AvgIpc) is 2.84. The van der Waals surface area contributed by atoms with Gasteiger partial charge in [0, 0.05) is 40.3 Å². The van der Waals surface area contributed by atoms with Gasteiger partial charge in [0.1, 0.15) is 11.5 Å². The summed E-state index contributed by atoms with van der Waals surface area (Å²) < 4.78 is 10.7. The molecule has 0 bridgehead atoms. The zero-order chi connectivity index (χ0) is 22.9. The lowest BCUT2D eigenvalue weighted by Crippen LogP contribution is -2.53. The Morgan fingerprint density at radius 3 is 2.31 bits per heavy atom. The molecular formula is C24H33N5O3. The molecule has 1 saturated heterocycles. The fourth-order valence-electron chi connectivity index (χ4n) is 3.53. The minimum Gasteiger partial charge on any atom is -0.497 e. The van der Waals surface area contributed by atoms with Crippen LogP contribution >= 0.6 is 0 Å². The monoisotopic (exact) mass is 439 g/mol. The van der Waals surface area contributed by atoms with E-state index in [1.165, 1.54) is 0 Å². The number of carbonyl (C=O) groups excluding carboxylic acids is 1. The number of methoxy groups -OCH3 is 2. The SMILES string of the molecule is COc1ccc(CN=C(NCC(=O)N(C)C)N2CCN(c3ccccc3OC)CC2)cc1. The maximum Gasteiger partial charge on any atom is 0.241 e. The predicted octanol–water partition coefficient (Wildman–Crippen LogP) is 2.06. The molecule has 8 nitrogen and oxygen atoms in total. The van der Waals surface area contributed by atoms with Gasteiger partial charge in [0.2, 0.25) is 5.91 Å². The number of piperazine rings is 1. The van der Waals surface area contributed by atoms with E-state index >= 15 is 0 Å². The molecule has 0 atom stereocenters. The van der Waals surface area contributed by atoms with Gasteiger partial charge in [0.25, 0.3) is 0 Å². The number of ether oxygens (including phenoxy) is 2. The van der Waals surface area contributed by atoms with Gasteiger partial charge in [-0.1, -0.05) is 24.3 Å². The third kappa shape index (κ3) is 6.06. The van der Waals surface area contributed by atoms with E-state index in [2.05, 4.69) is 21.2 Å². The number of carbonyl (C=O) groups is 1. The summed E-state index contributed by atoms with van der Waals surface area (Å²) in [5, 5.41) is 3.26. The number of nitrogens with one attached hydrogen (secondary N) is 1. The minimum atomic E-state index is 0.00908. The smallest absolute Gasteiger partial charge is 0.241 e. The maximum absolute atomic E-state index is 12.1. The molecule has 1 fully saturated rings. The number of rotatable bonds is 7. The molecule has 8 heteroatoms. The molecular weight excluding hydrogens is 406 g/mol. The van der Waals surface area contributed by atoms with Crippen LogP contribution in [0.1, 0.15) is 5.56 Å². The Kier molecular flexibility index (Phi) is 8.19. The highest BCUT2D eigenvalue weighted by atomic mass is 16.5. The normalized spacial score (nSPS) is 14.2. The van der Waals surface area contributed by atoms with Crippen LogP contribution in [0.25, 0.3) is 0 Å². The molecule has 0 aliphatic carbocycles. The molecule has 0 saturated carbocycles. The summed E-state index contributed by atoms with van der Waals surface area (Å²) in [5.74, 6) is 2.45. The summed E-state index contributed by atoms with van der Waals surface area (Å²) in [4.78, 5) is 23.1. The predicted molar refractivity (Wildman–Crippen MR) is 128 cm³/mol. The van der Waals surface area contributed by atoms with Crippen LogP contribution in [0.5, 0.6) is 11.5 Å². The third-order valence-corrected chi connectivity index (χ3v) is 5.47. The van der Waals surface area contributed by atoms with E-state index in [1.54, 1.807) is 33.2 Å². The molecule has 172 valence electrons. The Balaban J connectivity index is 1.69. The molecule has 1 N–H and O–H groups in total. The van der Waals surface area contributed by atoms with Crippen molar-refractivity contribution in [1.82, 2.24) is 15.1 Å². The zero-order valence-electron chi connectivity index (χ0n) is 19.4. The first-order valence-electron chi connectivity index (χ1n) is 10.8. The largest absolute Gasteiger partial charge is 0.497 e. The zero-order valence-corrected chi connectivity index (χ0v) is 19.4. The van der Waals surface area contributed by atoms with Gasteiger partial charge in [-0.15, -0.1) is 0 Å². The lowest BCUT2D eigenvalue weighted by atomic mass is 10.2. The van der Waals surface area contributed by atoms with Crippen LogP contribution in [0.15, 0.2) is 53.5 Å². The van der Waals surface area contributed by atoms with Gasteiger partial charge in [0.05, 0.1) is 33.0 Å². The molecule has 0 aromatic heterocycles. The van der Waals surface area contributed by atoms with Crippen LogP contribution in [0.3, 0.4) is 0 Å². The number of hydrogen-bond acceptors (Lipinski definition) is 5. The molecule has 1 amide bonds. The van der Waals surface area contributed by atoms with Gasteiger partial charge in [-0.25, -0.2) is 4.99 Å². The molecule has 1 aliphatic heterocycles. The van der Waals surface area contributed by atoms with Gasteiger partial charge < -0.3 is 29.5 Å². The molecule has 1 heterocycles. The van der Waals surface area contributed by atoms with Crippen LogP contribution in [0.4, 0.5) is 5.69 Å². The van der Waals surface area contributed by atoms with Crippen molar-refractivity contribution in [3.8, 4) is 11.5 Å². The fourth-order valence-corrected chi connectivity index (χ4v) is 3.53. The number of guanidine groups is 1. The van der Waals surface area contributed by atoms with Gasteiger partial charge in [-0.3, -0.25) is 4.79 Å². The topological polar surface area (TPSA) is 69.6 Å². The van der Waals surface area contributed by atoms with E-state index in [1.807, 2.05) is 42.5 Å². The molecule has 3 rings (SSSR count). The van der Waals surface area contributed by atoms with Crippen LogP contribution in [0, 0.1) is 0 Å². The minimum absolute atomic E-state index is 0.00908. The molecule has 0 spiro atoms. The summed E-state index contributed by atoms with van der Waals surface area (Å²) in [5.41, 5.74) is 2.18. The van der Waals surface area contributed by atoms with Gasteiger partial charge in [-0.2, -0.15) is 0 Å². The second-order valence-corrected chi connectivity index (χ2v) is 7.78. The van der Waals surface area contributed by atoms with E-state index in [0.29, 0.717) is 6.54 Å². The molecule has 1 aliphatic rings. The first-order chi connectivity index (χ1) is 15.5. The Bertz CT molecular complexity index is 906. The fraction of sp³-hybridized carbons (Fsp3) is 0.417. The van der Waals surface area contributed by atoms with Crippen molar-refractivity contribution in [2.24, 2.45) is 4.99 Å². The van der Waals surface area contributed by atoms with Crippen molar-refractivity contribution >= 4 is 17.6 Å². The van der Waals surface area contributed by atoms with Crippen molar-refractivity contribution in [3.05, 3.63) is 54.1 Å². The Morgan fingerprint density at radius 1 is 1.00 bits per heavy atom. The highest BCUT2D eigenvalue weighted by Crippen LogP contribution is 2.28. The lowest BCUT2D eigenvalue weighted by molar-refractivity contribution is -0.127. The third-order valence-electron chi connectivity index (χ3n) is 5.47. The van der Waals surface area contributed by atoms with E-state index in [4.69, 9.17) is 14.5 Å². The molecule has 0 unspecified atom stereocenters. The average molecular weight is 440 g/mol. The first-order valence-corrected chi connectivity index (χ1v) is 10.8. The van der Waals surface area contributed by atoms with E-state index < -0.39 is 0 Å². The maximum atomic E-state index is 12.1. The van der Waals surface area contributed by atoms with Crippen molar-refractivity contribution in [1.29, 1.82) is 0 Å². The number of nitrogens with zero attached hydrogens (tertiary/aromatic N) is 4. The number of aliphatic imine (C=N–C) groups is 1. The molecule has 2 aromatic carbocycles. The Hall–Kier alpha value is -3.42. The van der Waals surface area contributed by atoms with Crippen LogP contribution < -0.4 is 19.7 Å². The lowest BCUT2D eigenvalue weighted by Gasteiger charge is -2.38. The van der Waals surface area contributed by atoms with E-state index in [9.17, 15) is 4.79 Å². The van der Waals surface area contributed by atoms with Gasteiger partial charge in [-0.05, 0) is 29.8 Å². The summed E-state index contributed by atoms with van der Waals surface area (Å²) in [6.45, 7) is 4.00. The Morgan fingerprint density at radius 2 is 1.69 bits per heavy atom. The summed E-state index contributed by atoms with van der Waals surface area (Å²) in [6.07, 6.45) is 0. The van der Waals surface area contributed by atoms with Crippen molar-refractivity contribution in [2.45, 2.75) is 6.54 Å². The Labute approximate surface area is 190 Å². The molecule has 0 radical (unpaired) electrons. The number of para-hydroxylation sites is 2. The summed E-state index contributed by atoms with van der Waals surface area (Å²) >= 11 is 0. The quantitative estimate of drug-likeness (QED) is 0.526. The molecule has 2 aromatic rings. The van der Waals surface area contributed by atoms with Crippen molar-refractivity contribution in [2.75, 3.05) is 65.9 Å². The summed E-state index contributed by atoms with van der Waals surface area (Å²) in [7, 11) is 6.86. The number of anilines is 1. The van der Waals surface area contributed by atoms with Crippen LogP contribution in [-0.4, -0.2) is 82.7 Å². The van der Waals surface area contributed by atoms with E-state index in [-0.39, 0.29) is 12.5 Å².